The Morgan fingerprint density at radius 3 is 2.81 bits per heavy atom. The lowest BCUT2D eigenvalue weighted by Gasteiger charge is -2.18. The van der Waals surface area contributed by atoms with Crippen molar-refractivity contribution in [1.29, 1.82) is 0 Å². The summed E-state index contributed by atoms with van der Waals surface area (Å²) in [6.45, 7) is 0.887. The predicted molar refractivity (Wildman–Crippen MR) is 61.5 cm³/mol. The average molecular weight is 219 g/mol. The van der Waals surface area contributed by atoms with Gasteiger partial charge in [0.05, 0.1) is 5.69 Å². The summed E-state index contributed by atoms with van der Waals surface area (Å²) in [6.07, 6.45) is 6.19. The maximum Gasteiger partial charge on any atom is 0.227 e. The van der Waals surface area contributed by atoms with Crippen LogP contribution in [0, 0.1) is 0 Å². The Hall–Kier alpha value is -1.32. The van der Waals surface area contributed by atoms with Crippen molar-refractivity contribution in [3.63, 3.8) is 0 Å². The van der Waals surface area contributed by atoms with E-state index in [0.717, 1.165) is 31.6 Å². The fourth-order valence-corrected chi connectivity index (χ4v) is 2.79. The largest absolute Gasteiger partial charge is 0.300 e. The number of rotatable bonds is 0. The van der Waals surface area contributed by atoms with Gasteiger partial charge in [0.15, 0.2) is 0 Å². The van der Waals surface area contributed by atoms with E-state index in [1.54, 1.807) is 0 Å². The van der Waals surface area contributed by atoms with E-state index >= 15 is 0 Å². The van der Waals surface area contributed by atoms with Crippen LogP contribution in [0.5, 0.6) is 0 Å². The van der Waals surface area contributed by atoms with E-state index in [9.17, 15) is 4.79 Å². The Kier molecular flexibility index (Phi) is 2.23. The van der Waals surface area contributed by atoms with Crippen molar-refractivity contribution < 1.29 is 4.79 Å². The summed E-state index contributed by atoms with van der Waals surface area (Å²) in [7, 11) is 1.88. The molecule has 0 N–H and O–H groups in total. The number of nitrogens with zero attached hydrogens (tertiary/aromatic N) is 3. The number of hydrogen-bond acceptors (Lipinski definition) is 2. The third kappa shape index (κ3) is 1.36. The number of amides is 1. The van der Waals surface area contributed by atoms with Crippen LogP contribution >= 0.6 is 0 Å². The molecule has 1 aromatic heterocycles. The zero-order valence-corrected chi connectivity index (χ0v) is 9.70. The maximum absolute atomic E-state index is 11.8. The van der Waals surface area contributed by atoms with E-state index in [-0.39, 0.29) is 5.91 Å². The lowest BCUT2D eigenvalue weighted by atomic mass is 9.97. The first-order valence-electron chi connectivity index (χ1n) is 6.12. The van der Waals surface area contributed by atoms with Crippen LogP contribution in [0.1, 0.15) is 36.9 Å². The summed E-state index contributed by atoms with van der Waals surface area (Å²) >= 11 is 0. The maximum atomic E-state index is 11.8. The van der Waals surface area contributed by atoms with E-state index < -0.39 is 0 Å². The van der Waals surface area contributed by atoms with E-state index in [0.29, 0.717) is 6.42 Å². The zero-order chi connectivity index (χ0) is 11.1. The topological polar surface area (TPSA) is 38.1 Å². The van der Waals surface area contributed by atoms with Gasteiger partial charge in [0.2, 0.25) is 5.91 Å². The highest BCUT2D eigenvalue weighted by Crippen LogP contribution is 2.31. The molecule has 0 fully saturated rings. The molecule has 0 unspecified atom stereocenters. The summed E-state index contributed by atoms with van der Waals surface area (Å²) in [5, 5.41) is 4.66. The van der Waals surface area contributed by atoms with Gasteiger partial charge in [0, 0.05) is 25.6 Å². The number of carbonyl (C=O) groups is 1. The predicted octanol–water partition coefficient (Wildman–Crippen LogP) is 1.52. The molecule has 0 bridgehead atoms. The van der Waals surface area contributed by atoms with Gasteiger partial charge in [-0.05, 0) is 32.1 Å². The molecule has 0 spiro atoms. The molecular formula is C12H17N3O. The molecular weight excluding hydrogens is 202 g/mol. The molecule has 4 nitrogen and oxygen atoms in total. The summed E-state index contributed by atoms with van der Waals surface area (Å²) in [5.74, 6) is 1.30. The van der Waals surface area contributed by atoms with Gasteiger partial charge in [-0.25, -0.2) is 4.68 Å². The molecule has 0 atom stereocenters. The quantitative estimate of drug-likeness (QED) is 0.663. The Labute approximate surface area is 95.2 Å². The number of carbonyl (C=O) groups excluding carboxylic acids is 1. The van der Waals surface area contributed by atoms with Crippen LogP contribution in [0.15, 0.2) is 0 Å². The van der Waals surface area contributed by atoms with Crippen molar-refractivity contribution >= 4 is 11.7 Å². The van der Waals surface area contributed by atoms with E-state index in [2.05, 4.69) is 5.10 Å². The number of aromatic nitrogens is 2. The summed E-state index contributed by atoms with van der Waals surface area (Å²) < 4.78 is 2.04. The molecule has 4 heteroatoms. The van der Waals surface area contributed by atoms with Gasteiger partial charge in [-0.3, -0.25) is 9.69 Å². The molecule has 0 saturated carbocycles. The van der Waals surface area contributed by atoms with Crippen LogP contribution in [0.4, 0.5) is 5.82 Å². The van der Waals surface area contributed by atoms with Crippen molar-refractivity contribution in [2.75, 3.05) is 11.9 Å². The van der Waals surface area contributed by atoms with E-state index in [4.69, 9.17) is 0 Å². The van der Waals surface area contributed by atoms with E-state index in [1.807, 2.05) is 16.6 Å². The van der Waals surface area contributed by atoms with Gasteiger partial charge in [0.25, 0.3) is 0 Å². The standard InChI is InChI=1S/C12H17N3O/c1-14-11(16)7-4-8-15-12(14)9-5-2-3-6-10(9)13-15/h2-8H2,1H3. The van der Waals surface area contributed by atoms with Crippen LogP contribution < -0.4 is 4.90 Å². The Balaban J connectivity index is 2.12. The van der Waals surface area contributed by atoms with Gasteiger partial charge < -0.3 is 0 Å². The highest BCUT2D eigenvalue weighted by Gasteiger charge is 2.27. The minimum Gasteiger partial charge on any atom is -0.300 e. The van der Waals surface area contributed by atoms with Gasteiger partial charge in [-0.2, -0.15) is 5.10 Å². The smallest absolute Gasteiger partial charge is 0.227 e. The lowest BCUT2D eigenvalue weighted by molar-refractivity contribution is -0.118. The van der Waals surface area contributed by atoms with Gasteiger partial charge in [-0.15, -0.1) is 0 Å². The fourth-order valence-electron chi connectivity index (χ4n) is 2.79. The zero-order valence-electron chi connectivity index (χ0n) is 9.70. The Bertz CT molecular complexity index is 436. The monoisotopic (exact) mass is 219 g/mol. The SMILES string of the molecule is CN1C(=O)CCCn2nc3c(c21)CCCC3. The third-order valence-electron chi connectivity index (χ3n) is 3.65. The third-order valence-corrected chi connectivity index (χ3v) is 3.65. The first-order valence-corrected chi connectivity index (χ1v) is 6.12. The Morgan fingerprint density at radius 2 is 1.94 bits per heavy atom. The molecule has 3 rings (SSSR count). The lowest BCUT2D eigenvalue weighted by Crippen LogP contribution is -2.27. The first kappa shape index (κ1) is 9.87. The average Bonchev–Trinajstić information content (AvgIpc) is 2.59. The molecule has 2 heterocycles. The molecule has 0 saturated heterocycles. The van der Waals surface area contributed by atoms with Crippen molar-refractivity contribution in [3.8, 4) is 0 Å². The molecule has 2 aliphatic rings. The molecule has 16 heavy (non-hydrogen) atoms. The second-order valence-corrected chi connectivity index (χ2v) is 4.74. The van der Waals surface area contributed by atoms with Crippen LogP contribution in [0.2, 0.25) is 0 Å². The van der Waals surface area contributed by atoms with Crippen molar-refractivity contribution in [2.45, 2.75) is 45.1 Å². The first-order chi connectivity index (χ1) is 7.77. The molecule has 1 aliphatic heterocycles. The van der Waals surface area contributed by atoms with Gasteiger partial charge in [-0.1, -0.05) is 0 Å². The number of anilines is 1. The van der Waals surface area contributed by atoms with Gasteiger partial charge >= 0.3 is 0 Å². The highest BCUT2D eigenvalue weighted by atomic mass is 16.2. The van der Waals surface area contributed by atoms with Crippen LogP contribution in [0.25, 0.3) is 0 Å². The number of fused-ring (bicyclic) bond motifs is 3. The number of hydrogen-bond donors (Lipinski definition) is 0. The minimum atomic E-state index is 0.229. The highest BCUT2D eigenvalue weighted by molar-refractivity contribution is 5.93. The number of aryl methyl sites for hydroxylation is 2. The summed E-state index contributed by atoms with van der Waals surface area (Å²) in [6, 6.07) is 0. The molecule has 0 radical (unpaired) electrons. The van der Waals surface area contributed by atoms with Crippen LogP contribution in [-0.4, -0.2) is 22.7 Å². The summed E-state index contributed by atoms with van der Waals surface area (Å²) in [5.41, 5.74) is 2.55. The molecule has 1 aromatic rings. The molecule has 0 aromatic carbocycles. The fraction of sp³-hybridized carbons (Fsp3) is 0.667. The van der Waals surface area contributed by atoms with Crippen molar-refractivity contribution in [2.24, 2.45) is 0 Å². The van der Waals surface area contributed by atoms with Gasteiger partial charge in [0.1, 0.15) is 5.82 Å². The van der Waals surface area contributed by atoms with E-state index in [1.165, 1.54) is 24.1 Å². The van der Waals surface area contributed by atoms with Crippen LogP contribution in [0.3, 0.4) is 0 Å². The second kappa shape index (κ2) is 3.61. The normalized spacial score (nSPS) is 20.3. The minimum absolute atomic E-state index is 0.229. The van der Waals surface area contributed by atoms with Crippen LogP contribution in [-0.2, 0) is 24.2 Å². The Morgan fingerprint density at radius 1 is 1.12 bits per heavy atom. The summed E-state index contributed by atoms with van der Waals surface area (Å²) in [4.78, 5) is 13.7. The van der Waals surface area contributed by atoms with Crippen molar-refractivity contribution in [1.82, 2.24) is 9.78 Å². The van der Waals surface area contributed by atoms with Crippen molar-refractivity contribution in [3.05, 3.63) is 11.3 Å². The molecule has 1 aliphatic carbocycles. The second-order valence-electron chi connectivity index (χ2n) is 4.74. The molecule has 86 valence electrons. The molecule has 1 amide bonds.